The van der Waals surface area contributed by atoms with Crippen molar-refractivity contribution in [1.29, 1.82) is 0 Å². The maximum absolute atomic E-state index is 11.9. The number of carbonyl (C=O) groups is 2. The van der Waals surface area contributed by atoms with Gasteiger partial charge in [0.05, 0.1) is 11.8 Å². The van der Waals surface area contributed by atoms with Gasteiger partial charge in [-0.1, -0.05) is 0 Å². The third kappa shape index (κ3) is 5.72. The van der Waals surface area contributed by atoms with E-state index < -0.39 is 10.9 Å². The van der Waals surface area contributed by atoms with E-state index in [0.717, 1.165) is 12.8 Å². The van der Waals surface area contributed by atoms with Gasteiger partial charge in [0.15, 0.2) is 0 Å². The first-order valence-electron chi connectivity index (χ1n) is 6.55. The van der Waals surface area contributed by atoms with Crippen LogP contribution in [-0.4, -0.2) is 47.0 Å². The van der Waals surface area contributed by atoms with Crippen LogP contribution < -0.4 is 0 Å². The number of ether oxygens (including phenoxy) is 2. The maximum atomic E-state index is 11.9. The Kier molecular flexibility index (Phi) is 5.52. The van der Waals surface area contributed by atoms with Crippen LogP contribution in [0, 0.1) is 0 Å². The molecule has 0 N–H and O–H groups in total. The number of hydrogen-bond acceptors (Lipinski definition) is 5. The highest BCUT2D eigenvalue weighted by molar-refractivity contribution is 7.81. The van der Waals surface area contributed by atoms with E-state index in [1.165, 1.54) is 0 Å². The lowest BCUT2D eigenvalue weighted by Crippen LogP contribution is -2.46. The fraction of sp³-hybridized carbons (Fsp3) is 0.846. The molecule has 0 spiro atoms. The van der Waals surface area contributed by atoms with Gasteiger partial charge >= 0.3 is 12.1 Å². The van der Waals surface area contributed by atoms with Crippen LogP contribution in [0.25, 0.3) is 0 Å². The fourth-order valence-electron chi connectivity index (χ4n) is 1.79. The van der Waals surface area contributed by atoms with Crippen molar-refractivity contribution in [2.45, 2.75) is 57.5 Å². The molecule has 1 rings (SSSR count). The van der Waals surface area contributed by atoms with E-state index >= 15 is 0 Å². The molecule has 2 atom stereocenters. The fourth-order valence-corrected chi connectivity index (χ4v) is 1.85. The van der Waals surface area contributed by atoms with Crippen molar-refractivity contribution in [3.8, 4) is 0 Å². The van der Waals surface area contributed by atoms with Gasteiger partial charge in [0.2, 0.25) is 0 Å². The van der Waals surface area contributed by atoms with E-state index in [9.17, 15) is 9.59 Å². The highest BCUT2D eigenvalue weighted by Crippen LogP contribution is 2.18. The molecule has 1 aliphatic heterocycles. The Labute approximate surface area is 120 Å². The second kappa shape index (κ2) is 6.50. The zero-order valence-electron chi connectivity index (χ0n) is 12.0. The summed E-state index contributed by atoms with van der Waals surface area (Å²) in [7, 11) is 0. The van der Waals surface area contributed by atoms with Crippen molar-refractivity contribution in [3.63, 3.8) is 0 Å². The lowest BCUT2D eigenvalue weighted by atomic mass is 10.1. The van der Waals surface area contributed by atoms with E-state index in [1.807, 2.05) is 20.8 Å². The minimum absolute atomic E-state index is 0.261. The summed E-state index contributed by atoms with van der Waals surface area (Å²) in [6.07, 6.45) is 0.958. The van der Waals surface area contributed by atoms with Crippen LogP contribution in [0.3, 0.4) is 0 Å². The largest absolute Gasteiger partial charge is 0.460 e. The molecule has 0 radical (unpaired) electrons. The number of amides is 1. The molecule has 19 heavy (non-hydrogen) atoms. The summed E-state index contributed by atoms with van der Waals surface area (Å²) in [5, 5.41) is -0.447. The Bertz CT molecular complexity index is 338. The van der Waals surface area contributed by atoms with E-state index in [0.29, 0.717) is 13.1 Å². The highest BCUT2D eigenvalue weighted by Gasteiger charge is 2.29. The SMILES string of the molecule is CC(S)C(=O)OC1CCCN(C(=O)OC(C)(C)C)C1. The Balaban J connectivity index is 2.50. The number of carbonyl (C=O) groups excluding carboxylic acids is 2. The Morgan fingerprint density at radius 2 is 2.00 bits per heavy atom. The number of hydrogen-bond donors (Lipinski definition) is 1. The first-order valence-corrected chi connectivity index (χ1v) is 7.07. The molecule has 1 amide bonds. The molecule has 1 heterocycles. The lowest BCUT2D eigenvalue weighted by molar-refractivity contribution is -0.150. The Morgan fingerprint density at radius 1 is 1.37 bits per heavy atom. The van der Waals surface area contributed by atoms with Crippen LogP contribution in [0.15, 0.2) is 0 Å². The van der Waals surface area contributed by atoms with Crippen LogP contribution in [-0.2, 0) is 14.3 Å². The van der Waals surface area contributed by atoms with Gasteiger partial charge in [-0.2, -0.15) is 12.6 Å². The average molecular weight is 289 g/mol. The molecule has 6 heteroatoms. The van der Waals surface area contributed by atoms with E-state index in [2.05, 4.69) is 12.6 Å². The number of esters is 1. The van der Waals surface area contributed by atoms with E-state index in [1.54, 1.807) is 11.8 Å². The summed E-state index contributed by atoms with van der Waals surface area (Å²) in [5.74, 6) is -0.348. The van der Waals surface area contributed by atoms with Gasteiger partial charge in [-0.05, 0) is 40.5 Å². The molecule has 0 bridgehead atoms. The van der Waals surface area contributed by atoms with Crippen molar-refractivity contribution in [2.75, 3.05) is 13.1 Å². The Hall–Kier alpha value is -0.910. The van der Waals surface area contributed by atoms with Gasteiger partial charge in [0, 0.05) is 6.54 Å². The van der Waals surface area contributed by atoms with E-state index in [-0.39, 0.29) is 18.2 Å². The predicted octanol–water partition coefficient (Wildman–Crippen LogP) is 2.25. The zero-order chi connectivity index (χ0) is 14.6. The molecule has 0 saturated carbocycles. The molecule has 0 aliphatic carbocycles. The van der Waals surface area contributed by atoms with Crippen LogP contribution >= 0.6 is 12.6 Å². The third-order valence-corrected chi connectivity index (χ3v) is 2.86. The first-order chi connectivity index (χ1) is 8.69. The zero-order valence-corrected chi connectivity index (χ0v) is 12.9. The van der Waals surface area contributed by atoms with Gasteiger partial charge in [-0.3, -0.25) is 4.79 Å². The maximum Gasteiger partial charge on any atom is 0.410 e. The summed E-state index contributed by atoms with van der Waals surface area (Å²) in [6, 6.07) is 0. The molecule has 0 aromatic rings. The number of nitrogens with zero attached hydrogens (tertiary/aromatic N) is 1. The van der Waals surface area contributed by atoms with Crippen molar-refractivity contribution >= 4 is 24.7 Å². The summed E-state index contributed by atoms with van der Waals surface area (Å²) in [4.78, 5) is 25.0. The number of thiol groups is 1. The molecule has 0 aromatic carbocycles. The van der Waals surface area contributed by atoms with Crippen molar-refractivity contribution in [2.24, 2.45) is 0 Å². The smallest absolute Gasteiger partial charge is 0.410 e. The minimum Gasteiger partial charge on any atom is -0.460 e. The van der Waals surface area contributed by atoms with Crippen molar-refractivity contribution in [3.05, 3.63) is 0 Å². The van der Waals surface area contributed by atoms with Gasteiger partial charge in [-0.15, -0.1) is 0 Å². The second-order valence-corrected chi connectivity index (χ2v) is 6.58. The molecular weight excluding hydrogens is 266 g/mol. The summed E-state index contributed by atoms with van der Waals surface area (Å²) < 4.78 is 10.6. The second-order valence-electron chi connectivity index (χ2n) is 5.80. The number of likely N-dealkylation sites (tertiary alicyclic amines) is 1. The molecule has 0 aromatic heterocycles. The molecular formula is C13H23NO4S. The summed E-state index contributed by atoms with van der Waals surface area (Å²) in [6.45, 7) is 8.18. The molecule has 110 valence electrons. The summed E-state index contributed by atoms with van der Waals surface area (Å²) >= 11 is 4.03. The molecule has 2 unspecified atom stereocenters. The van der Waals surface area contributed by atoms with Gasteiger partial charge in [-0.25, -0.2) is 4.79 Å². The van der Waals surface area contributed by atoms with Crippen LogP contribution in [0.5, 0.6) is 0 Å². The average Bonchev–Trinajstić information content (AvgIpc) is 2.27. The van der Waals surface area contributed by atoms with Crippen LogP contribution in [0.2, 0.25) is 0 Å². The van der Waals surface area contributed by atoms with E-state index in [4.69, 9.17) is 9.47 Å². The third-order valence-electron chi connectivity index (χ3n) is 2.65. The van der Waals surface area contributed by atoms with Crippen molar-refractivity contribution in [1.82, 2.24) is 4.90 Å². The van der Waals surface area contributed by atoms with Gasteiger partial charge in [0.25, 0.3) is 0 Å². The monoisotopic (exact) mass is 289 g/mol. The van der Waals surface area contributed by atoms with Crippen LogP contribution in [0.1, 0.15) is 40.5 Å². The molecule has 1 saturated heterocycles. The van der Waals surface area contributed by atoms with Crippen LogP contribution in [0.4, 0.5) is 4.79 Å². The standard InChI is InChI=1S/C13H23NO4S/c1-9(19)11(15)17-10-6-5-7-14(8-10)12(16)18-13(2,3)4/h9-10,19H,5-8H2,1-4H3. The molecule has 1 fully saturated rings. The number of rotatable bonds is 2. The topological polar surface area (TPSA) is 55.8 Å². The first kappa shape index (κ1) is 16.1. The van der Waals surface area contributed by atoms with Crippen molar-refractivity contribution < 1.29 is 19.1 Å². The molecule has 1 aliphatic rings. The molecule has 5 nitrogen and oxygen atoms in total. The predicted molar refractivity (Wildman–Crippen MR) is 75.4 cm³/mol. The number of piperidine rings is 1. The summed E-state index contributed by atoms with van der Waals surface area (Å²) in [5.41, 5.74) is -0.514. The normalized spacial score (nSPS) is 21.7. The quantitative estimate of drug-likeness (QED) is 0.626. The van der Waals surface area contributed by atoms with Gasteiger partial charge in [0.1, 0.15) is 11.7 Å². The highest BCUT2D eigenvalue weighted by atomic mass is 32.1. The minimum atomic E-state index is -0.514. The lowest BCUT2D eigenvalue weighted by Gasteiger charge is -2.33. The Morgan fingerprint density at radius 3 is 2.53 bits per heavy atom. The van der Waals surface area contributed by atoms with Gasteiger partial charge < -0.3 is 14.4 Å².